The maximum absolute atomic E-state index is 12.2. The molecule has 5 heteroatoms. The van der Waals surface area contributed by atoms with Crippen LogP contribution >= 0.6 is 0 Å². The number of benzene rings is 1. The first-order valence-corrected chi connectivity index (χ1v) is 8.68. The molecule has 0 amide bonds. The number of hydrogen-bond acceptors (Lipinski definition) is 4. The lowest BCUT2D eigenvalue weighted by molar-refractivity contribution is 0.470. The topological polar surface area (TPSA) is 59.3 Å². The van der Waals surface area contributed by atoms with Gasteiger partial charge in [0.25, 0.3) is 0 Å². The van der Waals surface area contributed by atoms with Gasteiger partial charge in [-0.05, 0) is 38.5 Å². The second-order valence-electron chi connectivity index (χ2n) is 5.63. The molecule has 1 aromatic carbocycles. The van der Waals surface area contributed by atoms with E-state index in [0.717, 1.165) is 22.6 Å². The van der Waals surface area contributed by atoms with E-state index in [4.69, 9.17) is 4.42 Å². The Morgan fingerprint density at radius 1 is 1.29 bits per heavy atom. The molecule has 0 spiro atoms. The predicted octanol–water partition coefficient (Wildman–Crippen LogP) is 3.08. The van der Waals surface area contributed by atoms with E-state index >= 15 is 0 Å². The van der Waals surface area contributed by atoms with Gasteiger partial charge in [-0.25, -0.2) is 8.42 Å². The molecule has 0 bridgehead atoms. The minimum Gasteiger partial charge on any atom is -0.466 e. The molecule has 0 saturated heterocycles. The van der Waals surface area contributed by atoms with E-state index in [9.17, 15) is 8.42 Å². The number of aryl methyl sites for hydroxylation is 2. The number of fused-ring (bicyclic) bond motifs is 1. The quantitative estimate of drug-likeness (QED) is 0.946. The first-order valence-electron chi connectivity index (χ1n) is 7.03. The van der Waals surface area contributed by atoms with Crippen LogP contribution in [0.15, 0.2) is 39.6 Å². The Bertz CT molecular complexity index is 777. The van der Waals surface area contributed by atoms with E-state index < -0.39 is 9.84 Å². The van der Waals surface area contributed by atoms with Crippen molar-refractivity contribution in [2.45, 2.75) is 37.8 Å². The molecule has 0 aliphatic carbocycles. The van der Waals surface area contributed by atoms with Gasteiger partial charge in [0.05, 0.1) is 10.6 Å². The molecule has 3 rings (SSSR count). The highest BCUT2D eigenvalue weighted by atomic mass is 32.2. The van der Waals surface area contributed by atoms with Crippen LogP contribution < -0.4 is 5.32 Å². The predicted molar refractivity (Wildman–Crippen MR) is 81.0 cm³/mol. The molecule has 1 aromatic heterocycles. The zero-order chi connectivity index (χ0) is 15.2. The highest BCUT2D eigenvalue weighted by molar-refractivity contribution is 7.91. The van der Waals surface area contributed by atoms with E-state index in [0.29, 0.717) is 4.90 Å². The average Bonchev–Trinajstić information content (AvgIpc) is 2.88. The molecular formula is C16H19NO3S. The molecule has 1 aliphatic rings. The summed E-state index contributed by atoms with van der Waals surface area (Å²) in [5.74, 6) is 1.87. The standard InChI is InChI=1S/C16H19NO3S/c1-10-8-14(12(3)20-10)11(2)17-15-9-21(18,19)16-7-5-4-6-13(15)16/h4-8,11,15,17H,9H2,1-3H3. The van der Waals surface area contributed by atoms with Crippen LogP contribution in [0, 0.1) is 13.8 Å². The average molecular weight is 305 g/mol. The summed E-state index contributed by atoms with van der Waals surface area (Å²) in [4.78, 5) is 0.454. The molecule has 0 saturated carbocycles. The Hall–Kier alpha value is -1.59. The van der Waals surface area contributed by atoms with E-state index in [2.05, 4.69) is 5.32 Å². The first-order chi connectivity index (χ1) is 9.88. The molecule has 1 aliphatic heterocycles. The molecule has 2 heterocycles. The van der Waals surface area contributed by atoms with Crippen LogP contribution in [-0.2, 0) is 9.84 Å². The molecule has 112 valence electrons. The number of sulfone groups is 1. The lowest BCUT2D eigenvalue weighted by Gasteiger charge is -2.19. The van der Waals surface area contributed by atoms with Gasteiger partial charge in [-0.1, -0.05) is 18.2 Å². The lowest BCUT2D eigenvalue weighted by atomic mass is 10.0. The Morgan fingerprint density at radius 3 is 2.67 bits per heavy atom. The van der Waals surface area contributed by atoms with Gasteiger partial charge in [-0.2, -0.15) is 0 Å². The van der Waals surface area contributed by atoms with Crippen molar-refractivity contribution < 1.29 is 12.8 Å². The largest absolute Gasteiger partial charge is 0.466 e. The molecule has 21 heavy (non-hydrogen) atoms. The van der Waals surface area contributed by atoms with Gasteiger partial charge in [0.1, 0.15) is 11.5 Å². The molecule has 2 aromatic rings. The molecular weight excluding hydrogens is 286 g/mol. The van der Waals surface area contributed by atoms with Crippen molar-refractivity contribution >= 4 is 9.84 Å². The van der Waals surface area contributed by atoms with Crippen molar-refractivity contribution in [2.75, 3.05) is 5.75 Å². The number of rotatable bonds is 3. The summed E-state index contributed by atoms with van der Waals surface area (Å²) in [5, 5.41) is 3.42. The Balaban J connectivity index is 1.88. The third kappa shape index (κ3) is 2.51. The summed E-state index contributed by atoms with van der Waals surface area (Å²) in [5.41, 5.74) is 1.94. The first kappa shape index (κ1) is 14.4. The van der Waals surface area contributed by atoms with Crippen LogP contribution in [0.3, 0.4) is 0 Å². The maximum atomic E-state index is 12.2. The number of furan rings is 1. The fraction of sp³-hybridized carbons (Fsp3) is 0.375. The highest BCUT2D eigenvalue weighted by Crippen LogP contribution is 2.35. The fourth-order valence-corrected chi connectivity index (χ4v) is 4.81. The number of nitrogens with one attached hydrogen (secondary N) is 1. The van der Waals surface area contributed by atoms with Crippen LogP contribution in [-0.4, -0.2) is 14.2 Å². The smallest absolute Gasteiger partial charge is 0.180 e. The fourth-order valence-electron chi connectivity index (χ4n) is 3.06. The van der Waals surface area contributed by atoms with E-state index in [-0.39, 0.29) is 17.8 Å². The van der Waals surface area contributed by atoms with Crippen LogP contribution in [0.1, 0.15) is 41.7 Å². The summed E-state index contributed by atoms with van der Waals surface area (Å²) in [6.07, 6.45) is 0. The molecule has 4 nitrogen and oxygen atoms in total. The van der Waals surface area contributed by atoms with Gasteiger partial charge in [0, 0.05) is 17.6 Å². The van der Waals surface area contributed by atoms with Crippen LogP contribution in [0.25, 0.3) is 0 Å². The summed E-state index contributed by atoms with van der Waals surface area (Å²) < 4.78 is 29.9. The highest BCUT2D eigenvalue weighted by Gasteiger charge is 2.35. The molecule has 1 N–H and O–H groups in total. The second kappa shape index (κ2) is 5.00. The van der Waals surface area contributed by atoms with Crippen molar-refractivity contribution in [1.82, 2.24) is 5.32 Å². The SMILES string of the molecule is Cc1cc(C(C)NC2CS(=O)(=O)c3ccccc32)c(C)o1. The Labute approximate surface area is 125 Å². The Kier molecular flexibility index (Phi) is 3.42. The van der Waals surface area contributed by atoms with Crippen LogP contribution in [0.4, 0.5) is 0 Å². The van der Waals surface area contributed by atoms with Gasteiger partial charge in [-0.3, -0.25) is 0 Å². The lowest BCUT2D eigenvalue weighted by Crippen LogP contribution is -2.26. The normalized spacial score (nSPS) is 21.2. The zero-order valence-corrected chi connectivity index (χ0v) is 13.2. The molecule has 0 fully saturated rings. The monoisotopic (exact) mass is 305 g/mol. The summed E-state index contributed by atoms with van der Waals surface area (Å²) in [6.45, 7) is 5.88. The van der Waals surface area contributed by atoms with E-state index in [1.165, 1.54) is 0 Å². The molecule has 0 radical (unpaired) electrons. The van der Waals surface area contributed by atoms with Gasteiger partial charge in [0.15, 0.2) is 9.84 Å². The zero-order valence-electron chi connectivity index (χ0n) is 12.4. The van der Waals surface area contributed by atoms with Crippen molar-refractivity contribution in [1.29, 1.82) is 0 Å². The van der Waals surface area contributed by atoms with Gasteiger partial charge in [-0.15, -0.1) is 0 Å². The second-order valence-corrected chi connectivity index (χ2v) is 7.63. The van der Waals surface area contributed by atoms with E-state index in [1.54, 1.807) is 12.1 Å². The minimum absolute atomic E-state index is 0.0359. The molecule has 2 atom stereocenters. The van der Waals surface area contributed by atoms with E-state index in [1.807, 2.05) is 39.0 Å². The van der Waals surface area contributed by atoms with Crippen molar-refractivity contribution in [2.24, 2.45) is 0 Å². The third-order valence-corrected chi connectivity index (χ3v) is 5.83. The summed E-state index contributed by atoms with van der Waals surface area (Å²) in [7, 11) is -3.17. The minimum atomic E-state index is -3.17. The summed E-state index contributed by atoms with van der Waals surface area (Å²) in [6, 6.07) is 9.09. The van der Waals surface area contributed by atoms with Crippen molar-refractivity contribution in [3.63, 3.8) is 0 Å². The van der Waals surface area contributed by atoms with Gasteiger partial charge >= 0.3 is 0 Å². The third-order valence-electron chi connectivity index (χ3n) is 4.01. The van der Waals surface area contributed by atoms with Crippen molar-refractivity contribution in [3.8, 4) is 0 Å². The summed E-state index contributed by atoms with van der Waals surface area (Å²) >= 11 is 0. The molecule has 2 unspecified atom stereocenters. The van der Waals surface area contributed by atoms with Gasteiger partial charge in [0.2, 0.25) is 0 Å². The Morgan fingerprint density at radius 2 is 2.00 bits per heavy atom. The van der Waals surface area contributed by atoms with Crippen molar-refractivity contribution in [3.05, 3.63) is 53.0 Å². The van der Waals surface area contributed by atoms with Crippen LogP contribution in [0.5, 0.6) is 0 Å². The van der Waals surface area contributed by atoms with Gasteiger partial charge < -0.3 is 9.73 Å². The van der Waals surface area contributed by atoms with Crippen LogP contribution in [0.2, 0.25) is 0 Å². The number of hydrogen-bond donors (Lipinski definition) is 1. The maximum Gasteiger partial charge on any atom is 0.180 e.